The van der Waals surface area contributed by atoms with Crippen molar-refractivity contribution in [3.63, 3.8) is 0 Å². The minimum absolute atomic E-state index is 0.259. The van der Waals surface area contributed by atoms with Gasteiger partial charge in [-0.3, -0.25) is 4.90 Å². The Hall–Kier alpha value is -2.91. The predicted octanol–water partition coefficient (Wildman–Crippen LogP) is 1.90. The first-order valence-corrected chi connectivity index (χ1v) is 6.86. The third-order valence-electron chi connectivity index (χ3n) is 3.52. The highest BCUT2D eigenvalue weighted by atomic mass is 16.6. The zero-order valence-electron chi connectivity index (χ0n) is 11.8. The number of nitrogens with two attached hydrogens (primary N) is 1. The van der Waals surface area contributed by atoms with Crippen LogP contribution in [-0.4, -0.2) is 30.3 Å². The van der Waals surface area contributed by atoms with Crippen LogP contribution in [0, 0.1) is 11.3 Å². The lowest BCUT2D eigenvalue weighted by Crippen LogP contribution is -2.27. The van der Waals surface area contributed by atoms with E-state index in [1.54, 1.807) is 17.2 Å². The van der Waals surface area contributed by atoms with Gasteiger partial charge < -0.3 is 10.5 Å². The maximum absolute atomic E-state index is 11.8. The van der Waals surface area contributed by atoms with Crippen molar-refractivity contribution < 1.29 is 9.53 Å². The highest BCUT2D eigenvalue weighted by Crippen LogP contribution is 2.26. The molecule has 1 unspecified atom stereocenters. The second kappa shape index (κ2) is 5.84. The lowest BCUT2D eigenvalue weighted by molar-refractivity contribution is 0.145. The molecular formula is C16H14N4O2. The van der Waals surface area contributed by atoms with Gasteiger partial charge in [0.2, 0.25) is 0 Å². The molecule has 110 valence electrons. The summed E-state index contributed by atoms with van der Waals surface area (Å²) < 4.78 is 5.14. The molecule has 0 radical (unpaired) electrons. The second-order valence-corrected chi connectivity index (χ2v) is 4.94. The van der Waals surface area contributed by atoms with E-state index in [4.69, 9.17) is 15.7 Å². The third-order valence-corrected chi connectivity index (χ3v) is 3.52. The number of rotatable bonds is 3. The summed E-state index contributed by atoms with van der Waals surface area (Å²) in [5, 5.41) is 8.89. The fourth-order valence-electron chi connectivity index (χ4n) is 2.36. The molecule has 3 rings (SSSR count). The minimum Gasteiger partial charge on any atom is -0.443 e. The van der Waals surface area contributed by atoms with Crippen LogP contribution >= 0.6 is 0 Å². The molecule has 1 atom stereocenters. The van der Waals surface area contributed by atoms with E-state index in [-0.39, 0.29) is 12.2 Å². The van der Waals surface area contributed by atoms with Crippen LogP contribution in [0.2, 0.25) is 0 Å². The monoisotopic (exact) mass is 294 g/mol. The number of ether oxygens (including phenoxy) is 1. The highest BCUT2D eigenvalue weighted by Gasteiger charge is 2.31. The van der Waals surface area contributed by atoms with Crippen molar-refractivity contribution in [3.05, 3.63) is 48.3 Å². The number of carbonyl (C=O) groups excluding carboxylic acids is 1. The highest BCUT2D eigenvalue weighted by molar-refractivity contribution is 5.90. The van der Waals surface area contributed by atoms with E-state index in [2.05, 4.69) is 4.98 Å². The van der Waals surface area contributed by atoms with Crippen LogP contribution in [0.1, 0.15) is 5.69 Å². The molecule has 1 aromatic carbocycles. The molecule has 22 heavy (non-hydrogen) atoms. The molecule has 1 fully saturated rings. The van der Waals surface area contributed by atoms with Crippen molar-refractivity contribution in [1.82, 2.24) is 4.98 Å². The maximum Gasteiger partial charge on any atom is 0.414 e. The van der Waals surface area contributed by atoms with Crippen molar-refractivity contribution in [1.29, 1.82) is 5.26 Å². The van der Waals surface area contributed by atoms with Gasteiger partial charge in [-0.15, -0.1) is 0 Å². The summed E-state index contributed by atoms with van der Waals surface area (Å²) in [6.45, 7) is 0.775. The molecule has 1 aromatic heterocycles. The molecule has 1 aliphatic rings. The number of carbonyl (C=O) groups is 1. The van der Waals surface area contributed by atoms with Crippen molar-refractivity contribution in [3.8, 4) is 17.2 Å². The number of benzene rings is 1. The number of cyclic esters (lactones) is 1. The number of nitrogens with zero attached hydrogens (tertiary/aromatic N) is 3. The first-order chi connectivity index (χ1) is 10.7. The Morgan fingerprint density at radius 3 is 2.73 bits per heavy atom. The van der Waals surface area contributed by atoms with Crippen LogP contribution < -0.4 is 10.6 Å². The molecule has 2 aromatic rings. The number of aromatic nitrogens is 1. The number of pyridine rings is 1. The average molecular weight is 294 g/mol. The molecular weight excluding hydrogens is 280 g/mol. The number of anilines is 1. The zero-order chi connectivity index (χ0) is 15.5. The number of hydrogen-bond donors (Lipinski definition) is 1. The van der Waals surface area contributed by atoms with Gasteiger partial charge in [-0.2, -0.15) is 5.26 Å². The van der Waals surface area contributed by atoms with E-state index < -0.39 is 0 Å². The fraction of sp³-hybridized carbons (Fsp3) is 0.188. The fourth-order valence-corrected chi connectivity index (χ4v) is 2.36. The Labute approximate surface area is 127 Å². The van der Waals surface area contributed by atoms with Crippen LogP contribution in [-0.2, 0) is 4.74 Å². The smallest absolute Gasteiger partial charge is 0.414 e. The van der Waals surface area contributed by atoms with Gasteiger partial charge in [0.25, 0.3) is 0 Å². The van der Waals surface area contributed by atoms with E-state index in [0.29, 0.717) is 18.8 Å². The number of hydrogen-bond acceptors (Lipinski definition) is 5. The standard InChI is InChI=1S/C16H14N4O2/c17-8-13-7-12(5-6-19-13)11-1-3-14(4-2-11)20-10-15(9-18)22-16(20)21/h1-7,15H,9-10,18H2. The van der Waals surface area contributed by atoms with E-state index in [9.17, 15) is 4.79 Å². The SMILES string of the molecule is N#Cc1cc(-c2ccc(N3CC(CN)OC3=O)cc2)ccn1. The summed E-state index contributed by atoms with van der Waals surface area (Å²) in [5.74, 6) is 0. The quantitative estimate of drug-likeness (QED) is 0.933. The average Bonchev–Trinajstić information content (AvgIpc) is 2.96. The van der Waals surface area contributed by atoms with E-state index in [1.807, 2.05) is 36.4 Å². The normalized spacial score (nSPS) is 17.2. The first-order valence-electron chi connectivity index (χ1n) is 6.86. The van der Waals surface area contributed by atoms with Gasteiger partial charge in [0, 0.05) is 18.4 Å². The molecule has 0 spiro atoms. The molecule has 0 bridgehead atoms. The molecule has 2 N–H and O–H groups in total. The number of amides is 1. The van der Waals surface area contributed by atoms with Crippen LogP contribution in [0.3, 0.4) is 0 Å². The third kappa shape index (κ3) is 2.62. The number of nitriles is 1. The Kier molecular flexibility index (Phi) is 3.73. The van der Waals surface area contributed by atoms with Crippen LogP contribution in [0.15, 0.2) is 42.6 Å². The van der Waals surface area contributed by atoms with Crippen LogP contribution in [0.5, 0.6) is 0 Å². The summed E-state index contributed by atoms with van der Waals surface area (Å²) in [5.41, 5.74) is 8.52. The van der Waals surface area contributed by atoms with Gasteiger partial charge in [-0.1, -0.05) is 12.1 Å². The Balaban J connectivity index is 1.84. The Morgan fingerprint density at radius 1 is 1.32 bits per heavy atom. The van der Waals surface area contributed by atoms with E-state index in [0.717, 1.165) is 16.8 Å². The second-order valence-electron chi connectivity index (χ2n) is 4.94. The minimum atomic E-state index is -0.376. The summed E-state index contributed by atoms with van der Waals surface area (Å²) >= 11 is 0. The maximum atomic E-state index is 11.8. The molecule has 0 aliphatic carbocycles. The van der Waals surface area contributed by atoms with Gasteiger partial charge in [-0.25, -0.2) is 9.78 Å². The molecule has 6 nitrogen and oxygen atoms in total. The molecule has 1 saturated heterocycles. The molecule has 0 saturated carbocycles. The lowest BCUT2D eigenvalue weighted by Gasteiger charge is -2.13. The molecule has 2 heterocycles. The van der Waals surface area contributed by atoms with Gasteiger partial charge in [0.1, 0.15) is 17.9 Å². The first kappa shape index (κ1) is 14.0. The lowest BCUT2D eigenvalue weighted by atomic mass is 10.1. The summed E-state index contributed by atoms with van der Waals surface area (Å²) in [4.78, 5) is 17.3. The Bertz CT molecular complexity index is 737. The topological polar surface area (TPSA) is 92.2 Å². The summed E-state index contributed by atoms with van der Waals surface area (Å²) in [7, 11) is 0. The van der Waals surface area contributed by atoms with Gasteiger partial charge in [0.15, 0.2) is 0 Å². The van der Waals surface area contributed by atoms with Gasteiger partial charge >= 0.3 is 6.09 Å². The molecule has 6 heteroatoms. The van der Waals surface area contributed by atoms with E-state index in [1.165, 1.54) is 0 Å². The zero-order valence-corrected chi connectivity index (χ0v) is 11.8. The van der Waals surface area contributed by atoms with Crippen molar-refractivity contribution >= 4 is 11.8 Å². The van der Waals surface area contributed by atoms with Gasteiger partial charge in [-0.05, 0) is 35.4 Å². The van der Waals surface area contributed by atoms with E-state index >= 15 is 0 Å². The summed E-state index contributed by atoms with van der Waals surface area (Å²) in [6, 6.07) is 13.1. The summed E-state index contributed by atoms with van der Waals surface area (Å²) in [6.07, 6.45) is 0.968. The largest absolute Gasteiger partial charge is 0.443 e. The Morgan fingerprint density at radius 2 is 2.09 bits per heavy atom. The van der Waals surface area contributed by atoms with Gasteiger partial charge in [0.05, 0.1) is 6.54 Å². The molecule has 1 aliphatic heterocycles. The van der Waals surface area contributed by atoms with Crippen molar-refractivity contribution in [2.45, 2.75) is 6.10 Å². The van der Waals surface area contributed by atoms with Crippen molar-refractivity contribution in [2.75, 3.05) is 18.0 Å². The molecule has 1 amide bonds. The van der Waals surface area contributed by atoms with Crippen LogP contribution in [0.25, 0.3) is 11.1 Å². The van der Waals surface area contributed by atoms with Crippen molar-refractivity contribution in [2.24, 2.45) is 5.73 Å². The predicted molar refractivity (Wildman–Crippen MR) is 81.1 cm³/mol. The van der Waals surface area contributed by atoms with Crippen LogP contribution in [0.4, 0.5) is 10.5 Å².